The Hall–Kier alpha value is -1.45. The van der Waals surface area contributed by atoms with E-state index >= 15 is 0 Å². The number of benzene rings is 1. The maximum atomic E-state index is 13.0. The molecule has 0 spiro atoms. The molecule has 19 heavy (non-hydrogen) atoms. The summed E-state index contributed by atoms with van der Waals surface area (Å²) in [6, 6.07) is 10.6. The van der Waals surface area contributed by atoms with Crippen molar-refractivity contribution in [2.45, 2.75) is 25.3 Å². The lowest BCUT2D eigenvalue weighted by Crippen LogP contribution is -2.23. The van der Waals surface area contributed by atoms with E-state index in [0.29, 0.717) is 6.42 Å². The Balaban J connectivity index is 1.87. The van der Waals surface area contributed by atoms with Gasteiger partial charge in [0, 0.05) is 17.9 Å². The predicted octanol–water partition coefficient (Wildman–Crippen LogP) is 3.38. The Morgan fingerprint density at radius 2 is 2.11 bits per heavy atom. The Bertz CT molecular complexity index is 531. The van der Waals surface area contributed by atoms with Gasteiger partial charge in [0.05, 0.1) is 5.02 Å². The minimum absolute atomic E-state index is 0.0172. The van der Waals surface area contributed by atoms with Crippen LogP contribution in [0, 0.1) is 5.82 Å². The molecule has 1 atom stereocenters. The van der Waals surface area contributed by atoms with Gasteiger partial charge >= 0.3 is 0 Å². The van der Waals surface area contributed by atoms with Gasteiger partial charge in [-0.3, -0.25) is 4.98 Å². The normalized spacial score (nSPS) is 12.4. The van der Waals surface area contributed by atoms with Crippen molar-refractivity contribution in [2.24, 2.45) is 5.73 Å². The van der Waals surface area contributed by atoms with E-state index in [9.17, 15) is 4.39 Å². The molecule has 4 heteroatoms. The van der Waals surface area contributed by atoms with Crippen molar-refractivity contribution in [1.82, 2.24) is 4.98 Å². The first kappa shape index (κ1) is 14.0. The highest BCUT2D eigenvalue weighted by Crippen LogP contribution is 2.17. The van der Waals surface area contributed by atoms with E-state index in [-0.39, 0.29) is 11.1 Å². The molecular formula is C15H16ClFN2. The van der Waals surface area contributed by atoms with E-state index in [1.165, 1.54) is 6.07 Å². The lowest BCUT2D eigenvalue weighted by atomic mass is 10.0. The van der Waals surface area contributed by atoms with Gasteiger partial charge < -0.3 is 5.73 Å². The zero-order valence-corrected chi connectivity index (χ0v) is 11.3. The minimum atomic E-state index is -0.396. The summed E-state index contributed by atoms with van der Waals surface area (Å²) in [5.41, 5.74) is 8.07. The second-order valence-corrected chi connectivity index (χ2v) is 4.98. The fourth-order valence-electron chi connectivity index (χ4n) is 1.95. The molecule has 0 radical (unpaired) electrons. The molecule has 1 aromatic heterocycles. The second-order valence-electron chi connectivity index (χ2n) is 4.57. The minimum Gasteiger partial charge on any atom is -0.327 e. The molecule has 2 aromatic rings. The number of hydrogen-bond donors (Lipinski definition) is 1. The number of nitrogens with zero attached hydrogens (tertiary/aromatic N) is 1. The molecule has 1 aromatic carbocycles. The van der Waals surface area contributed by atoms with Gasteiger partial charge in [-0.1, -0.05) is 23.7 Å². The molecule has 0 amide bonds. The Labute approximate surface area is 117 Å². The average Bonchev–Trinajstić information content (AvgIpc) is 2.42. The fraction of sp³-hybridized carbons (Fsp3) is 0.267. The summed E-state index contributed by atoms with van der Waals surface area (Å²) in [5, 5.41) is 0.148. The lowest BCUT2D eigenvalue weighted by molar-refractivity contribution is 0.601. The van der Waals surface area contributed by atoms with Gasteiger partial charge in [0.25, 0.3) is 0 Å². The van der Waals surface area contributed by atoms with E-state index < -0.39 is 5.82 Å². The SMILES string of the molecule is NC(CCc1ccccn1)Cc1ccc(F)c(Cl)c1. The monoisotopic (exact) mass is 278 g/mol. The number of halogens is 2. The quantitative estimate of drug-likeness (QED) is 0.911. The molecule has 2 rings (SSSR count). The summed E-state index contributed by atoms with van der Waals surface area (Å²) in [6.07, 6.45) is 4.15. The average molecular weight is 279 g/mol. The fourth-order valence-corrected chi connectivity index (χ4v) is 2.15. The number of aryl methyl sites for hydroxylation is 1. The van der Waals surface area contributed by atoms with Gasteiger partial charge in [-0.15, -0.1) is 0 Å². The molecular weight excluding hydrogens is 263 g/mol. The van der Waals surface area contributed by atoms with Crippen LogP contribution in [0.3, 0.4) is 0 Å². The highest BCUT2D eigenvalue weighted by Gasteiger charge is 2.07. The zero-order valence-electron chi connectivity index (χ0n) is 10.5. The van der Waals surface area contributed by atoms with Crippen LogP contribution in [0.2, 0.25) is 5.02 Å². The van der Waals surface area contributed by atoms with Crippen LogP contribution in [-0.2, 0) is 12.8 Å². The van der Waals surface area contributed by atoms with Crippen LogP contribution in [-0.4, -0.2) is 11.0 Å². The molecule has 0 fully saturated rings. The molecule has 1 heterocycles. The third-order valence-electron chi connectivity index (χ3n) is 2.98. The zero-order chi connectivity index (χ0) is 13.7. The van der Waals surface area contributed by atoms with Crippen LogP contribution in [0.15, 0.2) is 42.6 Å². The van der Waals surface area contributed by atoms with Crippen molar-refractivity contribution in [2.75, 3.05) is 0 Å². The summed E-state index contributed by atoms with van der Waals surface area (Å²) in [5.74, 6) is -0.396. The summed E-state index contributed by atoms with van der Waals surface area (Å²) in [7, 11) is 0. The van der Waals surface area contributed by atoms with E-state index in [1.807, 2.05) is 18.2 Å². The molecule has 0 aliphatic heterocycles. The van der Waals surface area contributed by atoms with Crippen LogP contribution in [0.1, 0.15) is 17.7 Å². The highest BCUT2D eigenvalue weighted by atomic mass is 35.5. The smallest absolute Gasteiger partial charge is 0.141 e. The first-order valence-corrected chi connectivity index (χ1v) is 6.62. The van der Waals surface area contributed by atoms with Crippen molar-refractivity contribution in [1.29, 1.82) is 0 Å². The third-order valence-corrected chi connectivity index (χ3v) is 3.27. The number of rotatable bonds is 5. The largest absolute Gasteiger partial charge is 0.327 e. The first-order valence-electron chi connectivity index (χ1n) is 6.24. The van der Waals surface area contributed by atoms with Gasteiger partial charge in [-0.25, -0.2) is 4.39 Å². The number of pyridine rings is 1. The van der Waals surface area contributed by atoms with Gasteiger partial charge in [-0.2, -0.15) is 0 Å². The van der Waals surface area contributed by atoms with Crippen LogP contribution >= 0.6 is 11.6 Å². The van der Waals surface area contributed by atoms with Gasteiger partial charge in [-0.05, 0) is 49.1 Å². The number of aromatic nitrogens is 1. The van der Waals surface area contributed by atoms with E-state index in [0.717, 1.165) is 24.1 Å². The van der Waals surface area contributed by atoms with E-state index in [4.69, 9.17) is 17.3 Å². The standard InChI is InChI=1S/C15H16ClFN2/c16-14-10-11(4-7-15(14)17)9-12(18)5-6-13-3-1-2-8-19-13/h1-4,7-8,10,12H,5-6,9,18H2. The lowest BCUT2D eigenvalue weighted by Gasteiger charge is -2.11. The highest BCUT2D eigenvalue weighted by molar-refractivity contribution is 6.30. The summed E-state index contributed by atoms with van der Waals surface area (Å²) < 4.78 is 13.0. The van der Waals surface area contributed by atoms with Gasteiger partial charge in [0.1, 0.15) is 5.82 Å². The van der Waals surface area contributed by atoms with Crippen LogP contribution in [0.25, 0.3) is 0 Å². The van der Waals surface area contributed by atoms with Crippen molar-refractivity contribution in [3.8, 4) is 0 Å². The maximum Gasteiger partial charge on any atom is 0.141 e. The third kappa shape index (κ3) is 4.30. The molecule has 0 aliphatic carbocycles. The van der Waals surface area contributed by atoms with Crippen LogP contribution in [0.4, 0.5) is 4.39 Å². The first-order chi connectivity index (χ1) is 9.15. The van der Waals surface area contributed by atoms with E-state index in [2.05, 4.69) is 4.98 Å². The number of nitrogens with two attached hydrogens (primary N) is 1. The topological polar surface area (TPSA) is 38.9 Å². The molecule has 0 bridgehead atoms. The summed E-state index contributed by atoms with van der Waals surface area (Å²) in [4.78, 5) is 4.26. The van der Waals surface area contributed by atoms with Crippen LogP contribution in [0.5, 0.6) is 0 Å². The van der Waals surface area contributed by atoms with Crippen molar-refractivity contribution >= 4 is 11.6 Å². The molecule has 0 saturated carbocycles. The van der Waals surface area contributed by atoms with Gasteiger partial charge in [0.15, 0.2) is 0 Å². The Morgan fingerprint density at radius 1 is 1.26 bits per heavy atom. The van der Waals surface area contributed by atoms with Gasteiger partial charge in [0.2, 0.25) is 0 Å². The molecule has 100 valence electrons. The molecule has 2 N–H and O–H groups in total. The van der Waals surface area contributed by atoms with Crippen molar-refractivity contribution in [3.05, 3.63) is 64.7 Å². The van der Waals surface area contributed by atoms with Crippen molar-refractivity contribution in [3.63, 3.8) is 0 Å². The molecule has 0 saturated heterocycles. The Kier molecular flexibility index (Phi) is 4.88. The van der Waals surface area contributed by atoms with E-state index in [1.54, 1.807) is 18.3 Å². The summed E-state index contributed by atoms with van der Waals surface area (Å²) >= 11 is 5.74. The van der Waals surface area contributed by atoms with Crippen molar-refractivity contribution < 1.29 is 4.39 Å². The molecule has 1 unspecified atom stereocenters. The summed E-state index contributed by atoms with van der Waals surface area (Å²) in [6.45, 7) is 0. The Morgan fingerprint density at radius 3 is 2.79 bits per heavy atom. The number of hydrogen-bond acceptors (Lipinski definition) is 2. The molecule has 0 aliphatic rings. The molecule has 2 nitrogen and oxygen atoms in total. The predicted molar refractivity (Wildman–Crippen MR) is 75.6 cm³/mol. The maximum absolute atomic E-state index is 13.0. The van der Waals surface area contributed by atoms with Crippen LogP contribution < -0.4 is 5.73 Å². The second kappa shape index (κ2) is 6.64.